The van der Waals surface area contributed by atoms with E-state index in [-0.39, 0.29) is 22.6 Å². The third kappa shape index (κ3) is 2.71. The van der Waals surface area contributed by atoms with Gasteiger partial charge in [-0.25, -0.2) is 0 Å². The molecule has 2 atom stereocenters. The molecule has 0 bridgehead atoms. The Labute approximate surface area is 158 Å². The summed E-state index contributed by atoms with van der Waals surface area (Å²) >= 11 is 12.6. The number of methoxy groups -OCH3 is 1. The lowest BCUT2D eigenvalue weighted by molar-refractivity contribution is -0.138. The van der Waals surface area contributed by atoms with E-state index in [9.17, 15) is 9.90 Å². The first-order valence-electron chi connectivity index (χ1n) is 7.73. The number of amides is 1. The maximum absolute atomic E-state index is 12.3. The average Bonchev–Trinajstić information content (AvgIpc) is 2.94. The van der Waals surface area contributed by atoms with Crippen LogP contribution in [-0.2, 0) is 4.79 Å². The van der Waals surface area contributed by atoms with Crippen molar-refractivity contribution in [3.8, 4) is 5.75 Å². The Bertz CT molecular complexity index is 945. The Morgan fingerprint density at radius 1 is 1.50 bits per heavy atom. The highest BCUT2D eigenvalue weighted by atomic mass is 35.5. The van der Waals surface area contributed by atoms with Gasteiger partial charge in [0.25, 0.3) is 0 Å². The summed E-state index contributed by atoms with van der Waals surface area (Å²) in [6.07, 6.45) is 1.60. The quantitative estimate of drug-likeness (QED) is 0.481. The van der Waals surface area contributed by atoms with E-state index in [1.807, 2.05) is 6.92 Å². The number of carbonyl (C=O) groups is 1. The number of rotatable bonds is 4. The minimum absolute atomic E-state index is 0.0330. The van der Waals surface area contributed by atoms with Crippen LogP contribution in [0.2, 0.25) is 10.0 Å². The minimum atomic E-state index is -0.646. The van der Waals surface area contributed by atoms with Crippen LogP contribution in [0.4, 0.5) is 0 Å². The second kappa shape index (κ2) is 7.17. The minimum Gasteiger partial charge on any atom is -0.495 e. The van der Waals surface area contributed by atoms with Gasteiger partial charge in [0.15, 0.2) is 0 Å². The fourth-order valence-electron chi connectivity index (χ4n) is 3.49. The molecule has 0 fully saturated rings. The first-order valence-corrected chi connectivity index (χ1v) is 8.49. The first-order chi connectivity index (χ1) is 12.5. The molecule has 1 aliphatic heterocycles. The zero-order valence-corrected chi connectivity index (χ0v) is 15.5. The molecule has 3 rings (SSSR count). The van der Waals surface area contributed by atoms with E-state index in [2.05, 4.69) is 15.0 Å². The van der Waals surface area contributed by atoms with Crippen LogP contribution in [0.3, 0.4) is 0 Å². The van der Waals surface area contributed by atoms with Gasteiger partial charge in [0, 0.05) is 16.5 Å². The smallest absolute Gasteiger partial charge is 0.249 e. The Kier molecular flexibility index (Phi) is 5.11. The molecule has 2 aromatic rings. The summed E-state index contributed by atoms with van der Waals surface area (Å²) < 4.78 is 5.28. The maximum Gasteiger partial charge on any atom is 0.249 e. The normalized spacial score (nSPS) is 18.6. The van der Waals surface area contributed by atoms with Crippen molar-refractivity contribution in [3.63, 3.8) is 0 Å². The van der Waals surface area contributed by atoms with Crippen molar-refractivity contribution in [2.45, 2.75) is 19.0 Å². The van der Waals surface area contributed by atoms with Crippen LogP contribution in [-0.4, -0.2) is 41.2 Å². The van der Waals surface area contributed by atoms with Gasteiger partial charge in [-0.1, -0.05) is 28.3 Å². The Hall–Kier alpha value is -2.25. The molecule has 26 heavy (non-hydrogen) atoms. The lowest BCUT2D eigenvalue weighted by Crippen LogP contribution is -2.35. The number of benzene rings is 1. The number of azide groups is 1. The van der Waals surface area contributed by atoms with E-state index >= 15 is 0 Å². The summed E-state index contributed by atoms with van der Waals surface area (Å²) in [5, 5.41) is 14.2. The van der Waals surface area contributed by atoms with Gasteiger partial charge in [-0.05, 0) is 29.6 Å². The molecule has 1 amide bonds. The van der Waals surface area contributed by atoms with E-state index in [1.165, 1.54) is 12.0 Å². The molecule has 0 saturated heterocycles. The Balaban J connectivity index is 2.30. The van der Waals surface area contributed by atoms with Crippen LogP contribution >= 0.6 is 23.2 Å². The Morgan fingerprint density at radius 2 is 2.23 bits per heavy atom. The number of halogens is 2. The zero-order valence-electron chi connectivity index (χ0n) is 14.0. The molecule has 1 aromatic heterocycles. The highest BCUT2D eigenvalue weighted by molar-refractivity contribution is 6.46. The predicted molar refractivity (Wildman–Crippen MR) is 97.4 cm³/mol. The second-order valence-electron chi connectivity index (χ2n) is 5.79. The molecule has 1 aromatic carbocycles. The van der Waals surface area contributed by atoms with Crippen molar-refractivity contribution in [1.29, 1.82) is 0 Å². The number of aromatic nitrogens is 1. The first kappa shape index (κ1) is 18.5. The maximum atomic E-state index is 12.3. The average molecular weight is 396 g/mol. The molecular formula is C16H15Cl2N5O3. The summed E-state index contributed by atoms with van der Waals surface area (Å²) in [5.41, 5.74) is 10.7. The zero-order chi connectivity index (χ0) is 19.0. The molecule has 0 spiro atoms. The number of aliphatic hydroxyl groups is 1. The number of hydrogen-bond donors (Lipinski definition) is 1. The van der Waals surface area contributed by atoms with Crippen LogP contribution in [0.15, 0.2) is 17.4 Å². The molecule has 8 nitrogen and oxygen atoms in total. The van der Waals surface area contributed by atoms with Crippen molar-refractivity contribution in [2.24, 2.45) is 5.11 Å². The van der Waals surface area contributed by atoms with E-state index in [0.717, 1.165) is 11.1 Å². The van der Waals surface area contributed by atoms with Crippen LogP contribution in [0.5, 0.6) is 5.75 Å². The second-order valence-corrected chi connectivity index (χ2v) is 6.55. The van der Waals surface area contributed by atoms with Gasteiger partial charge in [-0.2, -0.15) is 0 Å². The van der Waals surface area contributed by atoms with E-state index in [4.69, 9.17) is 33.5 Å². The van der Waals surface area contributed by atoms with Gasteiger partial charge in [-0.3, -0.25) is 9.78 Å². The summed E-state index contributed by atoms with van der Waals surface area (Å²) in [4.78, 5) is 21.0. The molecule has 0 aliphatic carbocycles. The third-order valence-corrected chi connectivity index (χ3v) is 5.41. The molecule has 136 valence electrons. The van der Waals surface area contributed by atoms with Crippen molar-refractivity contribution in [1.82, 2.24) is 9.88 Å². The van der Waals surface area contributed by atoms with Gasteiger partial charge < -0.3 is 14.7 Å². The highest BCUT2D eigenvalue weighted by Crippen LogP contribution is 2.48. The van der Waals surface area contributed by atoms with Gasteiger partial charge in [0.1, 0.15) is 17.4 Å². The summed E-state index contributed by atoms with van der Waals surface area (Å²) in [7, 11) is 1.48. The Morgan fingerprint density at radius 3 is 2.85 bits per heavy atom. The molecule has 0 unspecified atom stereocenters. The molecule has 2 heterocycles. The highest BCUT2D eigenvalue weighted by Gasteiger charge is 2.40. The fourth-order valence-corrected chi connectivity index (χ4v) is 3.96. The van der Waals surface area contributed by atoms with Gasteiger partial charge >= 0.3 is 0 Å². The standard InChI is InChI=1S/C16H15Cl2N5O3/c1-7-13-8-3-11(26-2)14(17)15(18)16(8)20-4-9(13)10(5-21-22-19)23(7)12(25)6-24/h3-4,7,10,24H,5-6H2,1-2H3/t7-,10-/m0/s1. The number of ether oxygens (including phenoxy) is 1. The number of carbonyl (C=O) groups excluding carboxylic acids is 1. The number of aliphatic hydroxyl groups excluding tert-OH is 1. The van der Waals surface area contributed by atoms with Gasteiger partial charge in [-0.15, -0.1) is 0 Å². The van der Waals surface area contributed by atoms with Crippen LogP contribution in [0.1, 0.15) is 30.1 Å². The van der Waals surface area contributed by atoms with E-state index in [1.54, 1.807) is 12.3 Å². The molecule has 1 N–H and O–H groups in total. The molecule has 10 heteroatoms. The van der Waals surface area contributed by atoms with Crippen molar-refractivity contribution >= 4 is 40.0 Å². The van der Waals surface area contributed by atoms with Crippen LogP contribution < -0.4 is 4.74 Å². The van der Waals surface area contributed by atoms with Crippen LogP contribution in [0, 0.1) is 0 Å². The summed E-state index contributed by atoms with van der Waals surface area (Å²) in [6.45, 7) is 1.22. The number of hydrogen-bond acceptors (Lipinski definition) is 5. The summed E-state index contributed by atoms with van der Waals surface area (Å²) in [5.74, 6) is -0.0721. The molecular weight excluding hydrogens is 381 g/mol. The fraction of sp³-hybridized carbons (Fsp3) is 0.375. The molecule has 0 radical (unpaired) electrons. The lowest BCUT2D eigenvalue weighted by atomic mass is 9.99. The lowest BCUT2D eigenvalue weighted by Gasteiger charge is -2.27. The van der Waals surface area contributed by atoms with Crippen molar-refractivity contribution in [2.75, 3.05) is 20.3 Å². The van der Waals surface area contributed by atoms with Gasteiger partial charge in [0.05, 0.1) is 36.3 Å². The SMILES string of the molecule is COc1cc2c3c(cnc2c(Cl)c1Cl)[C@H](CN=[N+]=[N-])N(C(=O)CO)[C@H]3C. The van der Waals surface area contributed by atoms with E-state index < -0.39 is 18.6 Å². The van der Waals surface area contributed by atoms with Gasteiger partial charge in [0.2, 0.25) is 5.91 Å². The number of fused-ring (bicyclic) bond motifs is 3. The largest absolute Gasteiger partial charge is 0.495 e. The van der Waals surface area contributed by atoms with Crippen LogP contribution in [0.25, 0.3) is 21.3 Å². The third-order valence-electron chi connectivity index (χ3n) is 4.57. The predicted octanol–water partition coefficient (Wildman–Crippen LogP) is 3.80. The monoisotopic (exact) mass is 395 g/mol. The van der Waals surface area contributed by atoms with E-state index in [0.29, 0.717) is 16.7 Å². The molecule has 0 saturated carbocycles. The van der Waals surface area contributed by atoms with Crippen molar-refractivity contribution < 1.29 is 14.6 Å². The molecule has 1 aliphatic rings. The summed E-state index contributed by atoms with van der Waals surface area (Å²) in [6, 6.07) is 0.826. The number of nitrogens with zero attached hydrogens (tertiary/aromatic N) is 5. The number of pyridine rings is 1. The van der Waals surface area contributed by atoms with Crippen molar-refractivity contribution in [3.05, 3.63) is 43.9 Å². The topological polar surface area (TPSA) is 111 Å².